The van der Waals surface area contributed by atoms with Crippen molar-refractivity contribution in [1.82, 2.24) is 9.97 Å². The molecule has 0 saturated heterocycles. The molecule has 0 aromatic carbocycles. The molecule has 0 unspecified atom stereocenters. The molecule has 3 heteroatoms. The number of rotatable bonds is 1. The standard InChI is InChI=1S/C8H8N2O.C2H2/c1-2-4-7(11)8-9-5-3-6-10-8;1-2/h3,5-7,11H,1H3;1-2H/t7-;/m0./s1. The summed E-state index contributed by atoms with van der Waals surface area (Å²) < 4.78 is 0. The van der Waals surface area contributed by atoms with Gasteiger partial charge < -0.3 is 5.11 Å². The van der Waals surface area contributed by atoms with Crippen LogP contribution in [0.15, 0.2) is 18.5 Å². The van der Waals surface area contributed by atoms with E-state index in [1.165, 1.54) is 0 Å². The maximum atomic E-state index is 9.22. The van der Waals surface area contributed by atoms with Crippen LogP contribution < -0.4 is 0 Å². The fourth-order valence-corrected chi connectivity index (χ4v) is 0.653. The Morgan fingerprint density at radius 2 is 1.92 bits per heavy atom. The van der Waals surface area contributed by atoms with Gasteiger partial charge in [0.2, 0.25) is 0 Å². The van der Waals surface area contributed by atoms with Gasteiger partial charge in [-0.1, -0.05) is 5.92 Å². The van der Waals surface area contributed by atoms with Crippen molar-refractivity contribution >= 4 is 0 Å². The summed E-state index contributed by atoms with van der Waals surface area (Å²) in [5.74, 6) is 5.48. The van der Waals surface area contributed by atoms with E-state index in [-0.39, 0.29) is 0 Å². The smallest absolute Gasteiger partial charge is 0.174 e. The number of nitrogens with zero attached hydrogens (tertiary/aromatic N) is 2. The fraction of sp³-hybridized carbons (Fsp3) is 0.200. The second-order valence-electron chi connectivity index (χ2n) is 1.90. The molecule has 0 aliphatic rings. The highest BCUT2D eigenvalue weighted by Crippen LogP contribution is 2.02. The first-order chi connectivity index (χ1) is 6.34. The van der Waals surface area contributed by atoms with Crippen molar-refractivity contribution in [2.75, 3.05) is 0 Å². The maximum Gasteiger partial charge on any atom is 0.174 e. The minimum atomic E-state index is -0.860. The van der Waals surface area contributed by atoms with Crippen LogP contribution in [-0.2, 0) is 0 Å². The summed E-state index contributed by atoms with van der Waals surface area (Å²) in [5.41, 5.74) is 0. The van der Waals surface area contributed by atoms with E-state index in [1.807, 2.05) is 0 Å². The van der Waals surface area contributed by atoms with Gasteiger partial charge in [-0.3, -0.25) is 0 Å². The van der Waals surface area contributed by atoms with Crippen LogP contribution >= 0.6 is 0 Å². The Kier molecular flexibility index (Phi) is 5.88. The lowest BCUT2D eigenvalue weighted by Crippen LogP contribution is -1.99. The van der Waals surface area contributed by atoms with Crippen LogP contribution in [0.4, 0.5) is 0 Å². The molecule has 0 aliphatic carbocycles. The molecule has 66 valence electrons. The van der Waals surface area contributed by atoms with Crippen molar-refractivity contribution in [2.45, 2.75) is 13.0 Å². The Balaban J connectivity index is 0.000000671. The molecule has 1 heterocycles. The Labute approximate surface area is 77.9 Å². The predicted molar refractivity (Wildman–Crippen MR) is 50.3 cm³/mol. The number of aliphatic hydroxyl groups excluding tert-OH is 1. The van der Waals surface area contributed by atoms with Gasteiger partial charge in [-0.25, -0.2) is 9.97 Å². The van der Waals surface area contributed by atoms with Crippen molar-refractivity contribution < 1.29 is 5.11 Å². The van der Waals surface area contributed by atoms with E-state index >= 15 is 0 Å². The number of hydrogen-bond donors (Lipinski definition) is 1. The highest BCUT2D eigenvalue weighted by molar-refractivity contribution is 5.10. The van der Waals surface area contributed by atoms with Crippen LogP contribution in [0.2, 0.25) is 0 Å². The zero-order chi connectivity index (χ0) is 10.1. The molecule has 0 fully saturated rings. The summed E-state index contributed by atoms with van der Waals surface area (Å²) in [7, 11) is 0. The number of hydrogen-bond acceptors (Lipinski definition) is 3. The second kappa shape index (κ2) is 6.84. The summed E-state index contributed by atoms with van der Waals surface area (Å²) >= 11 is 0. The molecule has 1 aromatic rings. The average Bonchev–Trinajstić information content (AvgIpc) is 2.23. The summed E-state index contributed by atoms with van der Waals surface area (Å²) in [6.45, 7) is 1.66. The molecule has 0 saturated carbocycles. The molecular formula is C10H10N2O. The number of aromatic nitrogens is 2. The third-order valence-corrected chi connectivity index (χ3v) is 1.11. The highest BCUT2D eigenvalue weighted by Gasteiger charge is 2.03. The summed E-state index contributed by atoms with van der Waals surface area (Å²) in [5, 5.41) is 9.22. The normalized spacial score (nSPS) is 9.85. The minimum Gasteiger partial charge on any atom is -0.373 e. The molecule has 0 bridgehead atoms. The first-order valence-corrected chi connectivity index (χ1v) is 3.55. The number of terminal acetylenes is 1. The third-order valence-electron chi connectivity index (χ3n) is 1.11. The number of aliphatic hydroxyl groups is 1. The predicted octanol–water partition coefficient (Wildman–Crippen LogP) is 0.783. The van der Waals surface area contributed by atoms with Gasteiger partial charge in [0.25, 0.3) is 0 Å². The summed E-state index contributed by atoms with van der Waals surface area (Å²) in [4.78, 5) is 7.67. The minimum absolute atomic E-state index is 0.349. The second-order valence-corrected chi connectivity index (χ2v) is 1.90. The zero-order valence-electron chi connectivity index (χ0n) is 7.31. The van der Waals surface area contributed by atoms with Gasteiger partial charge in [0.1, 0.15) is 0 Å². The molecule has 3 nitrogen and oxygen atoms in total. The SMILES string of the molecule is C#C.CC#C[C@H](O)c1ncccn1. The monoisotopic (exact) mass is 174 g/mol. The molecular weight excluding hydrogens is 164 g/mol. The van der Waals surface area contributed by atoms with Crippen molar-refractivity contribution in [1.29, 1.82) is 0 Å². The molecule has 0 amide bonds. The average molecular weight is 174 g/mol. The van der Waals surface area contributed by atoms with Crippen molar-refractivity contribution in [3.05, 3.63) is 24.3 Å². The van der Waals surface area contributed by atoms with Gasteiger partial charge in [-0.15, -0.1) is 18.8 Å². The molecule has 1 aromatic heterocycles. The van der Waals surface area contributed by atoms with E-state index < -0.39 is 6.10 Å². The van der Waals surface area contributed by atoms with Crippen LogP contribution in [0, 0.1) is 24.7 Å². The first-order valence-electron chi connectivity index (χ1n) is 3.55. The highest BCUT2D eigenvalue weighted by atomic mass is 16.3. The Hall–Kier alpha value is -1.84. The largest absolute Gasteiger partial charge is 0.373 e. The van der Waals surface area contributed by atoms with E-state index in [9.17, 15) is 5.11 Å². The van der Waals surface area contributed by atoms with Crippen LogP contribution in [0.3, 0.4) is 0 Å². The lowest BCUT2D eigenvalue weighted by atomic mass is 10.3. The van der Waals surface area contributed by atoms with Crippen molar-refractivity contribution in [2.24, 2.45) is 0 Å². The molecule has 1 N–H and O–H groups in total. The van der Waals surface area contributed by atoms with E-state index in [4.69, 9.17) is 0 Å². The van der Waals surface area contributed by atoms with Crippen molar-refractivity contribution in [3.8, 4) is 24.7 Å². The van der Waals surface area contributed by atoms with E-state index in [2.05, 4.69) is 34.7 Å². The van der Waals surface area contributed by atoms with Crippen LogP contribution in [0.1, 0.15) is 18.9 Å². The van der Waals surface area contributed by atoms with Crippen molar-refractivity contribution in [3.63, 3.8) is 0 Å². The van der Waals surface area contributed by atoms with E-state index in [0.717, 1.165) is 0 Å². The summed E-state index contributed by atoms with van der Waals surface area (Å²) in [6.07, 6.45) is 10.3. The topological polar surface area (TPSA) is 46.0 Å². The maximum absolute atomic E-state index is 9.22. The molecule has 13 heavy (non-hydrogen) atoms. The summed E-state index contributed by atoms with van der Waals surface area (Å²) in [6, 6.07) is 1.69. The Bertz CT molecular complexity index is 308. The molecule has 0 spiro atoms. The molecule has 1 rings (SSSR count). The lowest BCUT2D eigenvalue weighted by molar-refractivity contribution is 0.227. The molecule has 0 aliphatic heterocycles. The fourth-order valence-electron chi connectivity index (χ4n) is 0.653. The Morgan fingerprint density at radius 3 is 2.38 bits per heavy atom. The Morgan fingerprint density at radius 1 is 1.38 bits per heavy atom. The van der Waals surface area contributed by atoms with Gasteiger partial charge in [0.15, 0.2) is 11.9 Å². The van der Waals surface area contributed by atoms with Crippen LogP contribution in [-0.4, -0.2) is 15.1 Å². The van der Waals surface area contributed by atoms with Gasteiger partial charge in [0.05, 0.1) is 0 Å². The van der Waals surface area contributed by atoms with Gasteiger partial charge in [-0.2, -0.15) is 0 Å². The molecule has 1 atom stereocenters. The van der Waals surface area contributed by atoms with Crippen LogP contribution in [0.25, 0.3) is 0 Å². The van der Waals surface area contributed by atoms with Gasteiger partial charge >= 0.3 is 0 Å². The van der Waals surface area contributed by atoms with Crippen LogP contribution in [0.5, 0.6) is 0 Å². The third kappa shape index (κ3) is 3.91. The lowest BCUT2D eigenvalue weighted by Gasteiger charge is -1.98. The van der Waals surface area contributed by atoms with E-state index in [1.54, 1.807) is 25.4 Å². The van der Waals surface area contributed by atoms with Gasteiger partial charge in [-0.05, 0) is 13.0 Å². The first kappa shape index (κ1) is 11.2. The zero-order valence-corrected chi connectivity index (χ0v) is 7.31. The van der Waals surface area contributed by atoms with E-state index in [0.29, 0.717) is 5.82 Å². The molecule has 0 radical (unpaired) electrons. The quantitative estimate of drug-likeness (QED) is 0.640. The van der Waals surface area contributed by atoms with Gasteiger partial charge in [0, 0.05) is 12.4 Å².